The van der Waals surface area contributed by atoms with Gasteiger partial charge in [0, 0.05) is 0 Å². The van der Waals surface area contributed by atoms with Crippen LogP contribution in [0.4, 0.5) is 0 Å². The lowest BCUT2D eigenvalue weighted by Gasteiger charge is -1.88. The SMILES string of the molecule is [C]1=CCCCCC=CC1. The van der Waals surface area contributed by atoms with Gasteiger partial charge in [-0.2, -0.15) is 0 Å². The van der Waals surface area contributed by atoms with E-state index in [1.165, 1.54) is 25.7 Å². The van der Waals surface area contributed by atoms with E-state index in [2.05, 4.69) is 24.3 Å². The highest BCUT2D eigenvalue weighted by Crippen LogP contribution is 2.04. The van der Waals surface area contributed by atoms with E-state index in [1.54, 1.807) is 0 Å². The van der Waals surface area contributed by atoms with E-state index in [-0.39, 0.29) is 0 Å². The fraction of sp³-hybridized carbons (Fsp3) is 0.556. The molecule has 0 unspecified atom stereocenters. The fourth-order valence-corrected chi connectivity index (χ4v) is 0.963. The predicted octanol–water partition coefficient (Wildman–Crippen LogP) is 2.87. The molecule has 0 spiro atoms. The Morgan fingerprint density at radius 3 is 2.89 bits per heavy atom. The van der Waals surface area contributed by atoms with E-state index in [0.29, 0.717) is 0 Å². The number of allylic oxidation sites excluding steroid dienone is 4. The first-order valence-corrected chi connectivity index (χ1v) is 3.70. The molecule has 0 amide bonds. The van der Waals surface area contributed by atoms with Crippen molar-refractivity contribution in [1.82, 2.24) is 0 Å². The minimum absolute atomic E-state index is 1.01. The van der Waals surface area contributed by atoms with Gasteiger partial charge in [-0.15, -0.1) is 0 Å². The Morgan fingerprint density at radius 2 is 1.89 bits per heavy atom. The average Bonchev–Trinajstić information content (AvgIpc) is 2.00. The third-order valence-corrected chi connectivity index (χ3v) is 1.52. The molecule has 0 heterocycles. The van der Waals surface area contributed by atoms with Gasteiger partial charge in [-0.05, 0) is 38.2 Å². The monoisotopic (exact) mass is 121 g/mol. The van der Waals surface area contributed by atoms with E-state index in [1.807, 2.05) is 0 Å². The predicted molar refractivity (Wildman–Crippen MR) is 40.0 cm³/mol. The number of hydrogen-bond acceptors (Lipinski definition) is 0. The number of hydrogen-bond donors (Lipinski definition) is 0. The van der Waals surface area contributed by atoms with Gasteiger partial charge in [-0.1, -0.05) is 18.2 Å². The quantitative estimate of drug-likeness (QED) is 0.432. The molecule has 1 rings (SSSR count). The van der Waals surface area contributed by atoms with E-state index >= 15 is 0 Å². The molecule has 1 aliphatic rings. The van der Waals surface area contributed by atoms with Crippen molar-refractivity contribution in [3.05, 3.63) is 24.3 Å². The summed E-state index contributed by atoms with van der Waals surface area (Å²) in [4.78, 5) is 0. The van der Waals surface area contributed by atoms with Crippen LogP contribution in [0.2, 0.25) is 0 Å². The lowest BCUT2D eigenvalue weighted by molar-refractivity contribution is 0.763. The normalized spacial score (nSPS) is 20.4. The minimum Gasteiger partial charge on any atom is -0.0882 e. The molecule has 0 aromatic rings. The van der Waals surface area contributed by atoms with Crippen LogP contribution in [0.1, 0.15) is 32.1 Å². The molecule has 0 nitrogen and oxygen atoms in total. The van der Waals surface area contributed by atoms with Gasteiger partial charge in [0.2, 0.25) is 0 Å². The van der Waals surface area contributed by atoms with Gasteiger partial charge in [-0.3, -0.25) is 0 Å². The maximum atomic E-state index is 3.22. The van der Waals surface area contributed by atoms with Crippen molar-refractivity contribution in [2.45, 2.75) is 32.1 Å². The second kappa shape index (κ2) is 4.37. The minimum atomic E-state index is 1.01. The molecule has 0 bridgehead atoms. The Morgan fingerprint density at radius 1 is 1.00 bits per heavy atom. The van der Waals surface area contributed by atoms with Gasteiger partial charge in [0.1, 0.15) is 0 Å². The van der Waals surface area contributed by atoms with Crippen molar-refractivity contribution >= 4 is 0 Å². The molecule has 9 heavy (non-hydrogen) atoms. The standard InChI is InChI=1S/C9H13/c1-2-4-6-8-9-7-5-3-1/h1-2,8H,3-5,7,9H2. The largest absolute Gasteiger partial charge is 0.0882 e. The molecule has 0 saturated carbocycles. The fourth-order valence-electron chi connectivity index (χ4n) is 0.963. The Hall–Kier alpha value is -0.520. The van der Waals surface area contributed by atoms with Gasteiger partial charge in [0.25, 0.3) is 0 Å². The number of rotatable bonds is 0. The van der Waals surface area contributed by atoms with Crippen LogP contribution in [-0.2, 0) is 0 Å². The summed E-state index contributed by atoms with van der Waals surface area (Å²) < 4.78 is 0. The van der Waals surface area contributed by atoms with Crippen molar-refractivity contribution in [3.8, 4) is 0 Å². The van der Waals surface area contributed by atoms with Crippen LogP contribution >= 0.6 is 0 Å². The first-order chi connectivity index (χ1) is 4.50. The summed E-state index contributed by atoms with van der Waals surface area (Å²) in [7, 11) is 0. The molecular formula is C9H13. The van der Waals surface area contributed by atoms with Crippen LogP contribution < -0.4 is 0 Å². The van der Waals surface area contributed by atoms with Gasteiger partial charge >= 0.3 is 0 Å². The Labute approximate surface area is 57.3 Å². The molecule has 0 aromatic carbocycles. The molecule has 0 atom stereocenters. The molecule has 0 N–H and O–H groups in total. The van der Waals surface area contributed by atoms with Crippen LogP contribution in [0.5, 0.6) is 0 Å². The third kappa shape index (κ3) is 3.12. The molecular weight excluding hydrogens is 108 g/mol. The third-order valence-electron chi connectivity index (χ3n) is 1.52. The van der Waals surface area contributed by atoms with Crippen molar-refractivity contribution in [1.29, 1.82) is 0 Å². The molecule has 0 saturated heterocycles. The second-order valence-electron chi connectivity index (χ2n) is 2.37. The van der Waals surface area contributed by atoms with E-state index in [0.717, 1.165) is 6.42 Å². The zero-order chi connectivity index (χ0) is 6.36. The summed E-state index contributed by atoms with van der Waals surface area (Å²) in [6.07, 6.45) is 16.0. The summed E-state index contributed by atoms with van der Waals surface area (Å²) in [5, 5.41) is 0. The highest BCUT2D eigenvalue weighted by molar-refractivity contribution is 4.89. The molecule has 0 aliphatic heterocycles. The van der Waals surface area contributed by atoms with Crippen molar-refractivity contribution in [2.75, 3.05) is 0 Å². The van der Waals surface area contributed by atoms with Crippen LogP contribution in [-0.4, -0.2) is 0 Å². The molecule has 1 radical (unpaired) electrons. The smallest absolute Gasteiger partial charge is 0.00979 e. The van der Waals surface area contributed by atoms with E-state index < -0.39 is 0 Å². The summed E-state index contributed by atoms with van der Waals surface area (Å²) in [6, 6.07) is 0. The first kappa shape index (κ1) is 6.60. The molecule has 49 valence electrons. The van der Waals surface area contributed by atoms with E-state index in [9.17, 15) is 0 Å². The summed E-state index contributed by atoms with van der Waals surface area (Å²) in [6.45, 7) is 0. The van der Waals surface area contributed by atoms with Gasteiger partial charge < -0.3 is 0 Å². The Kier molecular flexibility index (Phi) is 3.20. The van der Waals surface area contributed by atoms with Crippen molar-refractivity contribution in [2.24, 2.45) is 0 Å². The van der Waals surface area contributed by atoms with Crippen LogP contribution in [0.3, 0.4) is 0 Å². The lowest BCUT2D eigenvalue weighted by Crippen LogP contribution is -1.69. The van der Waals surface area contributed by atoms with Crippen molar-refractivity contribution < 1.29 is 0 Å². The van der Waals surface area contributed by atoms with Crippen molar-refractivity contribution in [3.63, 3.8) is 0 Å². The average molecular weight is 121 g/mol. The topological polar surface area (TPSA) is 0 Å². The summed E-state index contributed by atoms with van der Waals surface area (Å²) in [5.41, 5.74) is 0. The lowest BCUT2D eigenvalue weighted by atomic mass is 10.2. The van der Waals surface area contributed by atoms with Crippen LogP contribution in [0, 0.1) is 6.08 Å². The summed E-state index contributed by atoms with van der Waals surface area (Å²) >= 11 is 0. The maximum Gasteiger partial charge on any atom is -0.00979 e. The maximum absolute atomic E-state index is 3.22. The zero-order valence-corrected chi connectivity index (χ0v) is 5.77. The molecule has 0 fully saturated rings. The first-order valence-electron chi connectivity index (χ1n) is 3.70. The Bertz CT molecular complexity index is 95.2. The second-order valence-corrected chi connectivity index (χ2v) is 2.37. The van der Waals surface area contributed by atoms with Gasteiger partial charge in [-0.25, -0.2) is 0 Å². The molecule has 0 heteroatoms. The van der Waals surface area contributed by atoms with Gasteiger partial charge in [0.05, 0.1) is 0 Å². The van der Waals surface area contributed by atoms with Crippen LogP contribution in [0.25, 0.3) is 0 Å². The zero-order valence-electron chi connectivity index (χ0n) is 5.77. The Balaban J connectivity index is 2.28. The van der Waals surface area contributed by atoms with Crippen LogP contribution in [0.15, 0.2) is 18.2 Å². The summed E-state index contributed by atoms with van der Waals surface area (Å²) in [5.74, 6) is 0. The molecule has 1 aliphatic carbocycles. The highest BCUT2D eigenvalue weighted by Gasteiger charge is 1.85. The molecule has 0 aromatic heterocycles. The highest BCUT2D eigenvalue weighted by atomic mass is 13.9. The van der Waals surface area contributed by atoms with Gasteiger partial charge in [0.15, 0.2) is 0 Å². The van der Waals surface area contributed by atoms with E-state index in [4.69, 9.17) is 0 Å².